The van der Waals surface area contributed by atoms with E-state index in [4.69, 9.17) is 21.1 Å². The van der Waals surface area contributed by atoms with Gasteiger partial charge in [0.1, 0.15) is 18.2 Å². The highest BCUT2D eigenvalue weighted by atomic mass is 35.5. The van der Waals surface area contributed by atoms with Crippen LogP contribution in [0, 0.1) is 19.7 Å². The maximum atomic E-state index is 12.9. The molecule has 31 heavy (non-hydrogen) atoms. The molecule has 0 radical (unpaired) electrons. The third-order valence-corrected chi connectivity index (χ3v) is 5.38. The Balaban J connectivity index is 1.65. The number of esters is 1. The Morgan fingerprint density at radius 3 is 2.55 bits per heavy atom. The number of anilines is 2. The van der Waals surface area contributed by atoms with Gasteiger partial charge in [0.05, 0.1) is 16.4 Å². The van der Waals surface area contributed by atoms with Crippen LogP contribution in [0.2, 0.25) is 5.02 Å². The number of hydrogen-bond acceptors (Lipinski definition) is 6. The van der Waals surface area contributed by atoms with Gasteiger partial charge in [-0.2, -0.15) is 0 Å². The fraction of sp³-hybridized carbons (Fsp3) is 0.227. The van der Waals surface area contributed by atoms with Crippen LogP contribution < -0.4 is 9.64 Å². The maximum absolute atomic E-state index is 12.9. The molecule has 0 fully saturated rings. The first-order valence-corrected chi connectivity index (χ1v) is 10.6. The van der Waals surface area contributed by atoms with Crippen LogP contribution >= 0.6 is 22.9 Å². The van der Waals surface area contributed by atoms with E-state index in [-0.39, 0.29) is 19.1 Å². The first-order valence-electron chi connectivity index (χ1n) is 9.30. The van der Waals surface area contributed by atoms with Crippen LogP contribution in [0.5, 0.6) is 5.75 Å². The summed E-state index contributed by atoms with van der Waals surface area (Å²) in [6.45, 7) is 4.84. The molecule has 2 aromatic carbocycles. The summed E-state index contributed by atoms with van der Waals surface area (Å²) < 4.78 is 23.3. The van der Waals surface area contributed by atoms with Crippen molar-refractivity contribution in [2.45, 2.75) is 27.4 Å². The molecular formula is C22H20ClFN2O4S. The molecule has 0 saturated carbocycles. The van der Waals surface area contributed by atoms with Crippen molar-refractivity contribution in [1.29, 1.82) is 0 Å². The molecule has 0 aliphatic rings. The molecule has 1 amide bonds. The number of rotatable bonds is 7. The van der Waals surface area contributed by atoms with E-state index in [2.05, 4.69) is 4.98 Å². The van der Waals surface area contributed by atoms with Crippen molar-refractivity contribution in [1.82, 2.24) is 4.98 Å². The van der Waals surface area contributed by atoms with Crippen molar-refractivity contribution >= 4 is 45.6 Å². The predicted octanol–water partition coefficient (Wildman–Crippen LogP) is 5.36. The zero-order valence-electron chi connectivity index (χ0n) is 17.1. The molecule has 0 unspecified atom stereocenters. The van der Waals surface area contributed by atoms with Gasteiger partial charge in [-0.05, 0) is 55.3 Å². The zero-order valence-corrected chi connectivity index (χ0v) is 18.7. The van der Waals surface area contributed by atoms with Gasteiger partial charge in [0.2, 0.25) is 5.91 Å². The van der Waals surface area contributed by atoms with E-state index in [0.717, 1.165) is 11.1 Å². The van der Waals surface area contributed by atoms with Crippen molar-refractivity contribution in [3.63, 3.8) is 0 Å². The summed E-state index contributed by atoms with van der Waals surface area (Å²) in [7, 11) is 0. The van der Waals surface area contributed by atoms with E-state index < -0.39 is 11.8 Å². The average Bonchev–Trinajstić information content (AvgIpc) is 3.16. The summed E-state index contributed by atoms with van der Waals surface area (Å²) >= 11 is 7.65. The van der Waals surface area contributed by atoms with Crippen LogP contribution in [0.15, 0.2) is 41.8 Å². The van der Waals surface area contributed by atoms with Crippen molar-refractivity contribution in [2.24, 2.45) is 0 Å². The van der Waals surface area contributed by atoms with Gasteiger partial charge in [-0.3, -0.25) is 9.69 Å². The predicted molar refractivity (Wildman–Crippen MR) is 118 cm³/mol. The Morgan fingerprint density at radius 2 is 1.90 bits per heavy atom. The van der Waals surface area contributed by atoms with Crippen molar-refractivity contribution in [2.75, 3.05) is 11.5 Å². The first-order chi connectivity index (χ1) is 14.7. The topological polar surface area (TPSA) is 68.7 Å². The lowest BCUT2D eigenvalue weighted by Crippen LogP contribution is -2.24. The van der Waals surface area contributed by atoms with Crippen LogP contribution in [0.4, 0.5) is 15.2 Å². The first kappa shape index (κ1) is 22.7. The van der Waals surface area contributed by atoms with Gasteiger partial charge in [0, 0.05) is 12.3 Å². The molecule has 1 aromatic heterocycles. The Bertz CT molecular complexity index is 1080. The lowest BCUT2D eigenvalue weighted by molar-refractivity contribution is -0.147. The maximum Gasteiger partial charge on any atom is 0.344 e. The molecule has 0 aliphatic heterocycles. The highest BCUT2D eigenvalue weighted by molar-refractivity contribution is 7.14. The quantitative estimate of drug-likeness (QED) is 0.442. The average molecular weight is 463 g/mol. The number of thiazole rings is 1. The minimum Gasteiger partial charge on any atom is -0.482 e. The lowest BCUT2D eigenvalue weighted by Gasteiger charge is -2.22. The molecule has 9 heteroatoms. The number of carbonyl (C=O) groups excluding carboxylic acids is 2. The van der Waals surface area contributed by atoms with Gasteiger partial charge in [0.15, 0.2) is 11.7 Å². The van der Waals surface area contributed by atoms with Crippen LogP contribution in [0.25, 0.3) is 0 Å². The Kier molecular flexibility index (Phi) is 7.25. The summed E-state index contributed by atoms with van der Waals surface area (Å²) in [5.74, 6) is -0.869. The molecule has 6 nitrogen and oxygen atoms in total. The second-order valence-electron chi connectivity index (χ2n) is 6.79. The van der Waals surface area contributed by atoms with Crippen molar-refractivity contribution < 1.29 is 23.5 Å². The second kappa shape index (κ2) is 9.89. The SMILES string of the molecule is CC(=O)N(c1nc(COC(=O)COc2ccc(F)cc2)cs1)c1c(C)cc(C)cc1Cl. The molecule has 0 atom stereocenters. The number of amides is 1. The van der Waals surface area contributed by atoms with Crippen LogP contribution in [-0.2, 0) is 20.9 Å². The minimum atomic E-state index is -0.597. The van der Waals surface area contributed by atoms with Crippen LogP contribution in [-0.4, -0.2) is 23.5 Å². The monoisotopic (exact) mass is 462 g/mol. The molecule has 0 saturated heterocycles. The Hall–Kier alpha value is -2.97. The standard InChI is InChI=1S/C22H20ClFN2O4S/c1-13-8-14(2)21(19(23)9-13)26(15(3)27)22-25-17(12-31-22)10-30-20(28)11-29-18-6-4-16(24)5-7-18/h4-9,12H,10-11H2,1-3H3. The van der Waals surface area contributed by atoms with Gasteiger partial charge >= 0.3 is 5.97 Å². The summed E-state index contributed by atoms with van der Waals surface area (Å²) in [6.07, 6.45) is 0. The third-order valence-electron chi connectivity index (χ3n) is 4.22. The fourth-order valence-corrected chi connectivity index (χ4v) is 4.18. The molecule has 1 heterocycles. The normalized spacial score (nSPS) is 10.6. The minimum absolute atomic E-state index is 0.0749. The Morgan fingerprint density at radius 1 is 1.19 bits per heavy atom. The summed E-state index contributed by atoms with van der Waals surface area (Å²) in [5.41, 5.74) is 2.90. The number of aromatic nitrogens is 1. The highest BCUT2D eigenvalue weighted by Gasteiger charge is 2.23. The van der Waals surface area contributed by atoms with E-state index in [9.17, 15) is 14.0 Å². The van der Waals surface area contributed by atoms with Gasteiger partial charge in [-0.25, -0.2) is 14.2 Å². The molecule has 0 aliphatic carbocycles. The molecule has 3 aromatic rings. The number of benzene rings is 2. The summed E-state index contributed by atoms with van der Waals surface area (Å²) in [6, 6.07) is 9.04. The third kappa shape index (κ3) is 5.80. The number of hydrogen-bond donors (Lipinski definition) is 0. The highest BCUT2D eigenvalue weighted by Crippen LogP contribution is 2.37. The van der Waals surface area contributed by atoms with Crippen molar-refractivity contribution in [3.8, 4) is 5.75 Å². The summed E-state index contributed by atoms with van der Waals surface area (Å²) in [5, 5.41) is 2.58. The number of carbonyl (C=O) groups is 2. The van der Waals surface area contributed by atoms with E-state index in [1.54, 1.807) is 11.4 Å². The fourth-order valence-electron chi connectivity index (χ4n) is 2.91. The van der Waals surface area contributed by atoms with Gasteiger partial charge in [0.25, 0.3) is 0 Å². The van der Waals surface area contributed by atoms with E-state index in [1.165, 1.54) is 47.4 Å². The number of aryl methyl sites for hydroxylation is 2. The van der Waals surface area contributed by atoms with Crippen molar-refractivity contribution in [3.05, 3.63) is 69.4 Å². The van der Waals surface area contributed by atoms with Gasteiger partial charge < -0.3 is 9.47 Å². The Labute approximate surface area is 188 Å². The van der Waals surface area contributed by atoms with Gasteiger partial charge in [-0.1, -0.05) is 17.7 Å². The largest absolute Gasteiger partial charge is 0.482 e. The van der Waals surface area contributed by atoms with Crippen LogP contribution in [0.3, 0.4) is 0 Å². The summed E-state index contributed by atoms with van der Waals surface area (Å²) in [4.78, 5) is 30.1. The van der Waals surface area contributed by atoms with E-state index in [1.807, 2.05) is 19.9 Å². The molecule has 0 N–H and O–H groups in total. The number of halogens is 2. The molecule has 3 rings (SSSR count). The lowest BCUT2D eigenvalue weighted by atomic mass is 10.1. The molecule has 0 spiro atoms. The molecule has 0 bridgehead atoms. The smallest absolute Gasteiger partial charge is 0.344 e. The number of ether oxygens (including phenoxy) is 2. The number of nitrogens with zero attached hydrogens (tertiary/aromatic N) is 2. The van der Waals surface area contributed by atoms with Gasteiger partial charge in [-0.15, -0.1) is 11.3 Å². The van der Waals surface area contributed by atoms with E-state index >= 15 is 0 Å². The van der Waals surface area contributed by atoms with E-state index in [0.29, 0.717) is 27.3 Å². The van der Waals surface area contributed by atoms with Crippen LogP contribution in [0.1, 0.15) is 23.7 Å². The zero-order chi connectivity index (χ0) is 22.5. The molecular weight excluding hydrogens is 443 g/mol. The second-order valence-corrected chi connectivity index (χ2v) is 8.04. The molecule has 162 valence electrons.